The molecule has 0 N–H and O–H groups in total. The Morgan fingerprint density at radius 1 is 0.474 bits per heavy atom. The lowest BCUT2D eigenvalue weighted by atomic mass is 10.1. The van der Waals surface area contributed by atoms with E-state index in [4.69, 9.17) is 0 Å². The number of aromatic nitrogens is 2. The van der Waals surface area contributed by atoms with Crippen molar-refractivity contribution in [2.75, 3.05) is 0 Å². The lowest BCUT2D eigenvalue weighted by molar-refractivity contribution is 1.15. The molecule has 174 valence electrons. The Hall–Kier alpha value is -5.83. The minimum absolute atomic E-state index is 0.444. The zero-order chi connectivity index (χ0) is 25.8. The van der Waals surface area contributed by atoms with Gasteiger partial charge in [0.05, 0.1) is 50.5 Å². The standard InChI is InChI=1S/C33H17N5/c34-18-21-12-14-24(15-13-21)37-28-10-3-1-8-25(28)26-16-17-30-31(33(26)37)27-9-2-4-11-29(27)38(30)32-22(19-35)6-5-7-23(32)20-36/h1-17H. The Labute approximate surface area is 217 Å². The molecule has 5 heteroatoms. The Kier molecular flexibility index (Phi) is 4.57. The van der Waals surface area contributed by atoms with E-state index in [0.29, 0.717) is 22.4 Å². The van der Waals surface area contributed by atoms with E-state index in [2.05, 4.69) is 53.1 Å². The number of benzene rings is 5. The molecule has 0 aliphatic carbocycles. The molecule has 0 aliphatic heterocycles. The van der Waals surface area contributed by atoms with Gasteiger partial charge in [-0.2, -0.15) is 15.8 Å². The third kappa shape index (κ3) is 2.83. The number of rotatable bonds is 2. The minimum Gasteiger partial charge on any atom is -0.309 e. The van der Waals surface area contributed by atoms with E-state index in [1.54, 1.807) is 18.2 Å². The van der Waals surface area contributed by atoms with Gasteiger partial charge < -0.3 is 9.13 Å². The highest BCUT2D eigenvalue weighted by Crippen LogP contribution is 2.42. The first-order valence-corrected chi connectivity index (χ1v) is 12.1. The van der Waals surface area contributed by atoms with E-state index < -0.39 is 0 Å². The number of hydrogen-bond acceptors (Lipinski definition) is 3. The van der Waals surface area contributed by atoms with Gasteiger partial charge in [-0.25, -0.2) is 0 Å². The number of hydrogen-bond donors (Lipinski definition) is 0. The first-order valence-electron chi connectivity index (χ1n) is 12.1. The van der Waals surface area contributed by atoms with Crippen molar-refractivity contribution >= 4 is 43.6 Å². The van der Waals surface area contributed by atoms with Crippen LogP contribution in [0.2, 0.25) is 0 Å². The van der Waals surface area contributed by atoms with Gasteiger partial charge in [0, 0.05) is 27.2 Å². The lowest BCUT2D eigenvalue weighted by Crippen LogP contribution is -2.01. The molecular weight excluding hydrogens is 466 g/mol. The molecule has 5 nitrogen and oxygen atoms in total. The lowest BCUT2D eigenvalue weighted by Gasteiger charge is -2.12. The molecule has 0 amide bonds. The molecule has 0 fully saturated rings. The summed E-state index contributed by atoms with van der Waals surface area (Å²) in [5.41, 5.74) is 6.97. The van der Waals surface area contributed by atoms with Crippen LogP contribution < -0.4 is 0 Å². The van der Waals surface area contributed by atoms with E-state index in [1.165, 1.54) is 0 Å². The van der Waals surface area contributed by atoms with Gasteiger partial charge in [0.25, 0.3) is 0 Å². The smallest absolute Gasteiger partial charge is 0.101 e. The molecule has 0 radical (unpaired) electrons. The van der Waals surface area contributed by atoms with Crippen molar-refractivity contribution in [1.82, 2.24) is 9.13 Å². The molecule has 7 rings (SSSR count). The van der Waals surface area contributed by atoms with Crippen LogP contribution in [0.3, 0.4) is 0 Å². The Morgan fingerprint density at radius 3 is 1.76 bits per heavy atom. The van der Waals surface area contributed by atoms with Crippen LogP contribution in [0.5, 0.6) is 0 Å². The summed E-state index contributed by atoms with van der Waals surface area (Å²) in [6.07, 6.45) is 0. The first-order chi connectivity index (χ1) is 18.7. The largest absolute Gasteiger partial charge is 0.309 e. The van der Waals surface area contributed by atoms with E-state index in [9.17, 15) is 15.8 Å². The second-order valence-electron chi connectivity index (χ2n) is 9.14. The number of nitriles is 3. The van der Waals surface area contributed by atoms with Crippen LogP contribution in [0.15, 0.2) is 103 Å². The van der Waals surface area contributed by atoms with E-state index in [-0.39, 0.29) is 0 Å². The van der Waals surface area contributed by atoms with Crippen LogP contribution in [0.1, 0.15) is 16.7 Å². The van der Waals surface area contributed by atoms with Crippen LogP contribution in [0.4, 0.5) is 0 Å². The van der Waals surface area contributed by atoms with Gasteiger partial charge in [-0.1, -0.05) is 48.5 Å². The van der Waals surface area contributed by atoms with Crippen LogP contribution in [-0.4, -0.2) is 9.13 Å². The fourth-order valence-electron chi connectivity index (χ4n) is 5.67. The summed E-state index contributed by atoms with van der Waals surface area (Å²) >= 11 is 0. The van der Waals surface area contributed by atoms with E-state index >= 15 is 0 Å². The third-order valence-corrected chi connectivity index (χ3v) is 7.22. The molecule has 38 heavy (non-hydrogen) atoms. The van der Waals surface area contributed by atoms with Crippen LogP contribution in [-0.2, 0) is 0 Å². The highest BCUT2D eigenvalue weighted by atomic mass is 15.0. The van der Waals surface area contributed by atoms with Gasteiger partial charge in [0.2, 0.25) is 0 Å². The van der Waals surface area contributed by atoms with Crippen molar-refractivity contribution < 1.29 is 0 Å². The number of fused-ring (bicyclic) bond motifs is 7. The molecule has 0 saturated carbocycles. The molecule has 0 spiro atoms. The van der Waals surface area contributed by atoms with Gasteiger partial charge in [-0.3, -0.25) is 0 Å². The van der Waals surface area contributed by atoms with Crippen LogP contribution in [0.25, 0.3) is 55.0 Å². The summed E-state index contributed by atoms with van der Waals surface area (Å²) in [7, 11) is 0. The van der Waals surface area contributed by atoms with E-state index in [1.807, 2.05) is 59.2 Å². The molecule has 0 bridgehead atoms. The van der Waals surface area contributed by atoms with Crippen molar-refractivity contribution in [2.24, 2.45) is 0 Å². The van der Waals surface area contributed by atoms with Gasteiger partial charge >= 0.3 is 0 Å². The highest BCUT2D eigenvalue weighted by molar-refractivity contribution is 6.26. The number of nitrogens with zero attached hydrogens (tertiary/aromatic N) is 5. The summed E-state index contributed by atoms with van der Waals surface area (Å²) in [6, 6.07) is 40.3. The summed E-state index contributed by atoms with van der Waals surface area (Å²) in [5, 5.41) is 33.6. The van der Waals surface area contributed by atoms with Gasteiger partial charge in [-0.15, -0.1) is 0 Å². The number of para-hydroxylation sites is 3. The summed E-state index contributed by atoms with van der Waals surface area (Å²) in [5.74, 6) is 0. The van der Waals surface area contributed by atoms with Gasteiger partial charge in [0.1, 0.15) is 12.1 Å². The molecule has 5 aromatic carbocycles. The SMILES string of the molecule is N#Cc1ccc(-n2c3ccccc3c3ccc4c(c5ccccc5n4-c4c(C#N)cccc4C#N)c32)cc1. The van der Waals surface area contributed by atoms with Gasteiger partial charge in [0.15, 0.2) is 0 Å². The van der Waals surface area contributed by atoms with Crippen molar-refractivity contribution in [3.8, 4) is 29.6 Å². The molecular formula is C33H17N5. The first kappa shape index (κ1) is 21.5. The fraction of sp³-hybridized carbons (Fsp3) is 0. The van der Waals surface area contributed by atoms with Crippen LogP contribution >= 0.6 is 0 Å². The zero-order valence-electron chi connectivity index (χ0n) is 20.1. The van der Waals surface area contributed by atoms with Crippen molar-refractivity contribution in [3.63, 3.8) is 0 Å². The summed E-state index contributed by atoms with van der Waals surface area (Å²) < 4.78 is 4.29. The predicted octanol–water partition coefficient (Wildman–Crippen LogP) is 7.50. The molecule has 2 heterocycles. The Balaban J connectivity index is 1.74. The maximum absolute atomic E-state index is 9.98. The zero-order valence-corrected chi connectivity index (χ0v) is 20.1. The second-order valence-corrected chi connectivity index (χ2v) is 9.14. The van der Waals surface area contributed by atoms with Crippen molar-refractivity contribution in [2.45, 2.75) is 0 Å². The Morgan fingerprint density at radius 2 is 1.11 bits per heavy atom. The summed E-state index contributed by atoms with van der Waals surface area (Å²) in [4.78, 5) is 0. The Bertz CT molecular complexity index is 2180. The van der Waals surface area contributed by atoms with Gasteiger partial charge in [-0.05, 0) is 54.6 Å². The maximum atomic E-state index is 9.98. The molecule has 0 unspecified atom stereocenters. The van der Waals surface area contributed by atoms with Crippen LogP contribution in [0, 0.1) is 34.0 Å². The average molecular weight is 484 g/mol. The maximum Gasteiger partial charge on any atom is 0.101 e. The molecule has 0 saturated heterocycles. The van der Waals surface area contributed by atoms with Crippen molar-refractivity contribution in [1.29, 1.82) is 15.8 Å². The quantitative estimate of drug-likeness (QED) is 0.255. The summed E-state index contributed by atoms with van der Waals surface area (Å²) in [6.45, 7) is 0. The van der Waals surface area contributed by atoms with E-state index in [0.717, 1.165) is 49.3 Å². The monoisotopic (exact) mass is 483 g/mol. The van der Waals surface area contributed by atoms with Crippen molar-refractivity contribution in [3.05, 3.63) is 120 Å². The fourth-order valence-corrected chi connectivity index (χ4v) is 5.67. The molecule has 0 aliphatic rings. The highest BCUT2D eigenvalue weighted by Gasteiger charge is 2.22. The topological polar surface area (TPSA) is 81.2 Å². The molecule has 2 aromatic heterocycles. The second kappa shape index (κ2) is 8.10. The molecule has 7 aromatic rings. The predicted molar refractivity (Wildman–Crippen MR) is 149 cm³/mol. The average Bonchev–Trinajstić information content (AvgIpc) is 3.49. The molecule has 0 atom stereocenters. The minimum atomic E-state index is 0.444. The normalized spacial score (nSPS) is 11.1. The third-order valence-electron chi connectivity index (χ3n) is 7.22.